The van der Waals surface area contributed by atoms with Gasteiger partial charge in [-0.3, -0.25) is 14.5 Å². The van der Waals surface area contributed by atoms with Crippen LogP contribution in [0, 0.1) is 0 Å². The lowest BCUT2D eigenvalue weighted by Crippen LogP contribution is -2.31. The van der Waals surface area contributed by atoms with Crippen LogP contribution in [-0.4, -0.2) is 51.4 Å². The standard InChI is InChI=1S/C22H23N3O5S/c26-21(9-10-23-22-16-4-1-2-6-20(16)31(27,28)24-22)25-11-3-5-17(25)15-7-8-18-19(14-15)30-13-12-29-18/h1-2,4,6-8,14,17H,3,5,9-13H2,(H,23,24)/t17-/m1/s1. The molecule has 0 radical (unpaired) electrons. The van der Waals surface area contributed by atoms with Crippen molar-refractivity contribution in [1.82, 2.24) is 9.62 Å². The number of sulfonamides is 1. The van der Waals surface area contributed by atoms with Crippen LogP contribution in [0.5, 0.6) is 11.5 Å². The summed E-state index contributed by atoms with van der Waals surface area (Å²) in [5.74, 6) is 1.77. The van der Waals surface area contributed by atoms with E-state index in [2.05, 4.69) is 9.71 Å². The molecule has 0 aliphatic carbocycles. The molecule has 2 aromatic carbocycles. The van der Waals surface area contributed by atoms with Gasteiger partial charge in [0.15, 0.2) is 11.5 Å². The Hall–Kier alpha value is -3.07. The molecule has 3 aliphatic rings. The van der Waals surface area contributed by atoms with Crippen LogP contribution in [0.15, 0.2) is 52.4 Å². The summed E-state index contributed by atoms with van der Waals surface area (Å²) < 4.78 is 38.1. The predicted molar refractivity (Wildman–Crippen MR) is 114 cm³/mol. The first-order valence-electron chi connectivity index (χ1n) is 10.4. The largest absolute Gasteiger partial charge is 0.486 e. The first-order chi connectivity index (χ1) is 15.0. The average molecular weight is 442 g/mol. The minimum absolute atomic E-state index is 0.00156. The number of fused-ring (bicyclic) bond motifs is 2. The number of rotatable bonds is 4. The van der Waals surface area contributed by atoms with Gasteiger partial charge < -0.3 is 14.4 Å². The number of hydrogen-bond donors (Lipinski definition) is 1. The van der Waals surface area contributed by atoms with Crippen molar-refractivity contribution >= 4 is 21.8 Å². The first-order valence-corrected chi connectivity index (χ1v) is 11.9. The van der Waals surface area contributed by atoms with Crippen LogP contribution < -0.4 is 14.2 Å². The van der Waals surface area contributed by atoms with Gasteiger partial charge in [0.1, 0.15) is 19.0 Å². The maximum atomic E-state index is 12.9. The van der Waals surface area contributed by atoms with E-state index in [1.54, 1.807) is 24.3 Å². The van der Waals surface area contributed by atoms with Crippen molar-refractivity contribution in [3.63, 3.8) is 0 Å². The maximum Gasteiger partial charge on any atom is 0.263 e. The third-order valence-electron chi connectivity index (χ3n) is 5.78. The minimum Gasteiger partial charge on any atom is -0.486 e. The Balaban J connectivity index is 1.27. The van der Waals surface area contributed by atoms with Gasteiger partial charge in [0.25, 0.3) is 10.0 Å². The second-order valence-electron chi connectivity index (χ2n) is 7.73. The molecule has 31 heavy (non-hydrogen) atoms. The lowest BCUT2D eigenvalue weighted by atomic mass is 10.0. The van der Waals surface area contributed by atoms with Gasteiger partial charge in [0.2, 0.25) is 5.91 Å². The van der Waals surface area contributed by atoms with Crippen LogP contribution >= 0.6 is 0 Å². The first kappa shape index (κ1) is 19.9. The van der Waals surface area contributed by atoms with E-state index in [0.717, 1.165) is 29.9 Å². The number of likely N-dealkylation sites (tertiary alicyclic amines) is 1. The Bertz CT molecular complexity index is 1160. The number of benzene rings is 2. The van der Waals surface area contributed by atoms with Crippen molar-refractivity contribution in [3.05, 3.63) is 53.6 Å². The van der Waals surface area contributed by atoms with E-state index in [9.17, 15) is 13.2 Å². The summed E-state index contributed by atoms with van der Waals surface area (Å²) in [5.41, 5.74) is 1.59. The molecule has 1 atom stereocenters. The number of amides is 1. The molecule has 1 fully saturated rings. The molecule has 1 amide bonds. The smallest absolute Gasteiger partial charge is 0.263 e. The topological polar surface area (TPSA) is 97.3 Å². The van der Waals surface area contributed by atoms with Crippen molar-refractivity contribution in [2.24, 2.45) is 4.99 Å². The third kappa shape index (κ3) is 3.74. The lowest BCUT2D eigenvalue weighted by Gasteiger charge is -2.26. The van der Waals surface area contributed by atoms with Crippen LogP contribution in [0.1, 0.15) is 36.4 Å². The van der Waals surface area contributed by atoms with Crippen LogP contribution in [-0.2, 0) is 14.8 Å². The summed E-state index contributed by atoms with van der Waals surface area (Å²) in [7, 11) is -3.57. The second-order valence-corrected chi connectivity index (χ2v) is 9.38. The number of aliphatic imine (C=N–C) groups is 1. The predicted octanol–water partition coefficient (Wildman–Crippen LogP) is 2.25. The quantitative estimate of drug-likeness (QED) is 0.785. The van der Waals surface area contributed by atoms with Gasteiger partial charge in [-0.05, 0) is 42.7 Å². The number of nitrogens with zero attached hydrogens (tertiary/aromatic N) is 2. The van der Waals surface area contributed by atoms with Crippen LogP contribution in [0.25, 0.3) is 0 Å². The minimum atomic E-state index is -3.57. The fourth-order valence-corrected chi connectivity index (χ4v) is 5.59. The van der Waals surface area contributed by atoms with E-state index in [-0.39, 0.29) is 29.8 Å². The van der Waals surface area contributed by atoms with E-state index in [0.29, 0.717) is 31.2 Å². The van der Waals surface area contributed by atoms with Gasteiger partial charge in [-0.2, -0.15) is 0 Å². The highest BCUT2D eigenvalue weighted by atomic mass is 32.2. The molecule has 3 heterocycles. The monoisotopic (exact) mass is 441 g/mol. The van der Waals surface area contributed by atoms with Gasteiger partial charge in [-0.15, -0.1) is 0 Å². The number of nitrogens with one attached hydrogen (secondary N) is 1. The molecule has 1 saturated heterocycles. The molecule has 1 N–H and O–H groups in total. The second kappa shape index (κ2) is 7.88. The SMILES string of the molecule is O=C(CCN=C1NS(=O)(=O)c2ccccc21)N1CCC[C@@H]1c1ccc2c(c1)OCCO2. The Morgan fingerprint density at radius 1 is 1.13 bits per heavy atom. The molecule has 0 saturated carbocycles. The van der Waals surface area contributed by atoms with Crippen molar-refractivity contribution in [3.8, 4) is 11.5 Å². The molecule has 5 rings (SSSR count). The Labute approximate surface area is 180 Å². The molecule has 0 aromatic heterocycles. The summed E-state index contributed by atoms with van der Waals surface area (Å²) in [4.78, 5) is 19.4. The molecule has 3 aliphatic heterocycles. The van der Waals surface area contributed by atoms with E-state index in [4.69, 9.17) is 9.47 Å². The highest BCUT2D eigenvalue weighted by Gasteiger charge is 2.32. The van der Waals surface area contributed by atoms with Gasteiger partial charge >= 0.3 is 0 Å². The summed E-state index contributed by atoms with van der Waals surface area (Å²) in [6.45, 7) is 1.99. The molecule has 9 heteroatoms. The molecule has 2 aromatic rings. The van der Waals surface area contributed by atoms with Crippen molar-refractivity contribution in [2.75, 3.05) is 26.3 Å². The number of carbonyl (C=O) groups is 1. The number of ether oxygens (including phenoxy) is 2. The summed E-state index contributed by atoms with van der Waals surface area (Å²) in [6.07, 6.45) is 2.05. The molecule has 162 valence electrons. The number of hydrogen-bond acceptors (Lipinski definition) is 6. The molecular weight excluding hydrogens is 418 g/mol. The Morgan fingerprint density at radius 2 is 1.94 bits per heavy atom. The number of amidine groups is 1. The fraction of sp³-hybridized carbons (Fsp3) is 0.364. The van der Waals surface area contributed by atoms with Gasteiger partial charge in [-0.1, -0.05) is 18.2 Å². The van der Waals surface area contributed by atoms with Crippen LogP contribution in [0.4, 0.5) is 0 Å². The van der Waals surface area contributed by atoms with Crippen LogP contribution in [0.3, 0.4) is 0 Å². The molecule has 0 bridgehead atoms. The van der Waals surface area contributed by atoms with E-state index < -0.39 is 10.0 Å². The number of carbonyl (C=O) groups excluding carboxylic acids is 1. The van der Waals surface area contributed by atoms with Gasteiger partial charge in [0, 0.05) is 18.5 Å². The molecular formula is C22H23N3O5S. The molecule has 0 spiro atoms. The zero-order valence-electron chi connectivity index (χ0n) is 16.9. The molecule has 8 nitrogen and oxygen atoms in total. The normalized spacial score (nSPS) is 22.3. The fourth-order valence-electron chi connectivity index (χ4n) is 4.34. The third-order valence-corrected chi connectivity index (χ3v) is 7.18. The summed E-state index contributed by atoms with van der Waals surface area (Å²) in [5, 5.41) is 0. The zero-order valence-corrected chi connectivity index (χ0v) is 17.7. The van der Waals surface area contributed by atoms with E-state index in [1.807, 2.05) is 23.1 Å². The Kier molecular flexibility index (Phi) is 5.05. The summed E-state index contributed by atoms with van der Waals surface area (Å²) in [6, 6.07) is 12.6. The highest BCUT2D eigenvalue weighted by molar-refractivity contribution is 7.90. The van der Waals surface area contributed by atoms with E-state index in [1.165, 1.54) is 0 Å². The van der Waals surface area contributed by atoms with Crippen molar-refractivity contribution in [1.29, 1.82) is 0 Å². The van der Waals surface area contributed by atoms with Crippen molar-refractivity contribution in [2.45, 2.75) is 30.2 Å². The van der Waals surface area contributed by atoms with E-state index >= 15 is 0 Å². The van der Waals surface area contributed by atoms with Crippen molar-refractivity contribution < 1.29 is 22.7 Å². The summed E-state index contributed by atoms with van der Waals surface area (Å²) >= 11 is 0. The average Bonchev–Trinajstić information content (AvgIpc) is 3.37. The van der Waals surface area contributed by atoms with Crippen LogP contribution in [0.2, 0.25) is 0 Å². The highest BCUT2D eigenvalue weighted by Crippen LogP contribution is 2.38. The Morgan fingerprint density at radius 3 is 2.81 bits per heavy atom. The molecule has 0 unspecified atom stereocenters. The van der Waals surface area contributed by atoms with Gasteiger partial charge in [-0.25, -0.2) is 8.42 Å². The van der Waals surface area contributed by atoms with Gasteiger partial charge in [0.05, 0.1) is 17.5 Å². The maximum absolute atomic E-state index is 12.9. The zero-order chi connectivity index (χ0) is 21.4. The lowest BCUT2D eigenvalue weighted by molar-refractivity contribution is -0.131.